The van der Waals surface area contributed by atoms with E-state index in [2.05, 4.69) is 15.4 Å². The number of hydrogen-bond donors (Lipinski definition) is 0. The molecule has 0 saturated carbocycles. The Labute approximate surface area is 155 Å². The summed E-state index contributed by atoms with van der Waals surface area (Å²) in [5.74, 6) is 0. The molecule has 0 amide bonds. The minimum Gasteiger partial charge on any atom is -0.298 e. The van der Waals surface area contributed by atoms with Crippen molar-refractivity contribution in [3.8, 4) is 11.3 Å². The van der Waals surface area contributed by atoms with Gasteiger partial charge in [-0.2, -0.15) is 4.37 Å². The molecule has 6 heteroatoms. The first-order valence-corrected chi connectivity index (χ1v) is 9.66. The van der Waals surface area contributed by atoms with E-state index < -0.39 is 0 Å². The molecule has 1 aliphatic rings. The molecule has 0 radical (unpaired) electrons. The summed E-state index contributed by atoms with van der Waals surface area (Å²) in [6.45, 7) is 0.682. The third-order valence-electron chi connectivity index (χ3n) is 4.63. The van der Waals surface area contributed by atoms with Gasteiger partial charge in [-0.05, 0) is 55.8 Å². The topological polar surface area (TPSA) is 47.8 Å². The van der Waals surface area contributed by atoms with Crippen LogP contribution >= 0.6 is 23.1 Å². The zero-order valence-corrected chi connectivity index (χ0v) is 15.3. The van der Waals surface area contributed by atoms with Gasteiger partial charge in [0.2, 0.25) is 0 Å². The van der Waals surface area contributed by atoms with Crippen LogP contribution in [0.2, 0.25) is 5.02 Å². The summed E-state index contributed by atoms with van der Waals surface area (Å²) in [7, 11) is 0. The minimum absolute atomic E-state index is 0.000812. The van der Waals surface area contributed by atoms with Gasteiger partial charge in [0.15, 0.2) is 0 Å². The smallest absolute Gasteiger partial charge is 0.272 e. The van der Waals surface area contributed by atoms with Crippen molar-refractivity contribution in [1.82, 2.24) is 13.9 Å². The number of allylic oxidation sites excluding steroid dienone is 2. The third-order valence-corrected chi connectivity index (χ3v) is 5.70. The molecule has 128 valence electrons. The normalized spacial score (nSPS) is 14.7. The van der Waals surface area contributed by atoms with Gasteiger partial charge in [0, 0.05) is 17.1 Å². The van der Waals surface area contributed by atoms with Gasteiger partial charge in [0.1, 0.15) is 15.9 Å². The van der Waals surface area contributed by atoms with Crippen molar-refractivity contribution in [1.29, 1.82) is 0 Å². The highest BCUT2D eigenvalue weighted by Crippen LogP contribution is 2.28. The molecule has 0 spiro atoms. The van der Waals surface area contributed by atoms with E-state index in [1.165, 1.54) is 36.4 Å². The summed E-state index contributed by atoms with van der Waals surface area (Å²) in [6.07, 6.45) is 9.78. The maximum absolute atomic E-state index is 12.8. The number of rotatable bonds is 4. The molecule has 4 rings (SSSR count). The van der Waals surface area contributed by atoms with Crippen molar-refractivity contribution in [3.63, 3.8) is 0 Å². The molecule has 0 unspecified atom stereocenters. The molecular formula is C19H18ClN3OS. The van der Waals surface area contributed by atoms with Crippen LogP contribution in [0, 0.1) is 0 Å². The molecule has 0 saturated heterocycles. The summed E-state index contributed by atoms with van der Waals surface area (Å²) in [6, 6.07) is 7.45. The molecule has 1 aliphatic carbocycles. The number of fused-ring (bicyclic) bond motifs is 1. The lowest BCUT2D eigenvalue weighted by atomic mass is 9.97. The second-order valence-electron chi connectivity index (χ2n) is 6.32. The lowest BCUT2D eigenvalue weighted by molar-refractivity contribution is 0.611. The molecule has 0 bridgehead atoms. The number of benzene rings is 1. The molecule has 3 aromatic rings. The summed E-state index contributed by atoms with van der Waals surface area (Å²) in [4.78, 5) is 17.3. The van der Waals surface area contributed by atoms with Gasteiger partial charge in [-0.3, -0.25) is 9.36 Å². The summed E-state index contributed by atoms with van der Waals surface area (Å²) < 4.78 is 6.78. The second-order valence-corrected chi connectivity index (χ2v) is 7.53. The maximum Gasteiger partial charge on any atom is 0.272 e. The molecule has 0 N–H and O–H groups in total. The highest BCUT2D eigenvalue weighted by atomic mass is 35.5. The van der Waals surface area contributed by atoms with Crippen LogP contribution in [-0.4, -0.2) is 13.9 Å². The molecular weight excluding hydrogens is 354 g/mol. The Kier molecular flexibility index (Phi) is 4.68. The Morgan fingerprint density at radius 2 is 2.04 bits per heavy atom. The first-order valence-electron chi connectivity index (χ1n) is 8.51. The Bertz CT molecular complexity index is 988. The van der Waals surface area contributed by atoms with Crippen molar-refractivity contribution < 1.29 is 0 Å². The Morgan fingerprint density at radius 1 is 1.20 bits per heavy atom. The molecule has 4 nitrogen and oxygen atoms in total. The Hall–Kier alpha value is -1.98. The van der Waals surface area contributed by atoms with Crippen molar-refractivity contribution in [2.24, 2.45) is 0 Å². The van der Waals surface area contributed by atoms with Gasteiger partial charge >= 0.3 is 0 Å². The van der Waals surface area contributed by atoms with Gasteiger partial charge < -0.3 is 0 Å². The quantitative estimate of drug-likeness (QED) is 0.602. The number of nitrogens with zero attached hydrogens (tertiary/aromatic N) is 3. The highest BCUT2D eigenvalue weighted by Gasteiger charge is 2.14. The van der Waals surface area contributed by atoms with Crippen molar-refractivity contribution in [3.05, 3.63) is 57.6 Å². The van der Waals surface area contributed by atoms with Crippen LogP contribution in [0.1, 0.15) is 32.1 Å². The van der Waals surface area contributed by atoms with Crippen LogP contribution in [0.25, 0.3) is 21.5 Å². The molecule has 2 heterocycles. The SMILES string of the molecule is O=c1c2snc(-c3ccc(Cl)cc3)c2ncn1CCC1=CCCCC1. The van der Waals surface area contributed by atoms with Crippen LogP contribution in [0.5, 0.6) is 0 Å². The van der Waals surface area contributed by atoms with Crippen LogP contribution in [-0.2, 0) is 6.54 Å². The molecule has 0 atom stereocenters. The average molecular weight is 372 g/mol. The van der Waals surface area contributed by atoms with Crippen LogP contribution in [0.15, 0.2) is 47.0 Å². The summed E-state index contributed by atoms with van der Waals surface area (Å²) in [5, 5.41) is 0.676. The largest absolute Gasteiger partial charge is 0.298 e. The van der Waals surface area contributed by atoms with E-state index in [-0.39, 0.29) is 5.56 Å². The second kappa shape index (κ2) is 7.10. The van der Waals surface area contributed by atoms with Gasteiger partial charge in [-0.25, -0.2) is 4.98 Å². The number of aromatic nitrogens is 3. The summed E-state index contributed by atoms with van der Waals surface area (Å²) in [5.41, 5.74) is 3.80. The van der Waals surface area contributed by atoms with E-state index in [4.69, 9.17) is 11.6 Å². The van der Waals surface area contributed by atoms with Crippen molar-refractivity contribution >= 4 is 33.4 Å². The molecule has 0 aliphatic heterocycles. The lowest BCUT2D eigenvalue weighted by Crippen LogP contribution is -2.20. The maximum atomic E-state index is 12.8. The van der Waals surface area contributed by atoms with E-state index in [9.17, 15) is 4.79 Å². The zero-order chi connectivity index (χ0) is 17.2. The fourth-order valence-corrected chi connectivity index (χ4v) is 4.14. The molecule has 1 aromatic carbocycles. The summed E-state index contributed by atoms with van der Waals surface area (Å²) >= 11 is 7.17. The van der Waals surface area contributed by atoms with E-state index in [1.54, 1.807) is 10.9 Å². The van der Waals surface area contributed by atoms with E-state index in [1.807, 2.05) is 24.3 Å². The molecule has 2 aromatic heterocycles. The van der Waals surface area contributed by atoms with Gasteiger partial charge in [-0.1, -0.05) is 35.4 Å². The number of aryl methyl sites for hydroxylation is 1. The fourth-order valence-electron chi connectivity index (χ4n) is 3.21. The average Bonchev–Trinajstić information content (AvgIpc) is 3.08. The van der Waals surface area contributed by atoms with Gasteiger partial charge in [0.25, 0.3) is 5.56 Å². The minimum atomic E-state index is -0.000812. The lowest BCUT2D eigenvalue weighted by Gasteiger charge is -2.13. The Morgan fingerprint density at radius 3 is 2.80 bits per heavy atom. The first-order chi connectivity index (χ1) is 12.2. The van der Waals surface area contributed by atoms with E-state index in [0.29, 0.717) is 21.8 Å². The predicted octanol–water partition coefficient (Wildman–Crippen LogP) is 5.06. The van der Waals surface area contributed by atoms with Crippen LogP contribution in [0.4, 0.5) is 0 Å². The van der Waals surface area contributed by atoms with Crippen LogP contribution < -0.4 is 5.56 Å². The van der Waals surface area contributed by atoms with Crippen molar-refractivity contribution in [2.75, 3.05) is 0 Å². The Balaban J connectivity index is 1.64. The fraction of sp³-hybridized carbons (Fsp3) is 0.316. The predicted molar refractivity (Wildman–Crippen MR) is 103 cm³/mol. The standard InChI is InChI=1S/C19H18ClN3OS/c20-15-8-6-14(7-9-15)16-17-18(25-22-16)19(24)23(12-21-17)11-10-13-4-2-1-3-5-13/h4,6-9,12H,1-3,5,10-11H2. The molecule has 0 fully saturated rings. The van der Waals surface area contributed by atoms with E-state index >= 15 is 0 Å². The highest BCUT2D eigenvalue weighted by molar-refractivity contribution is 7.13. The first kappa shape index (κ1) is 16.5. The van der Waals surface area contributed by atoms with Crippen molar-refractivity contribution in [2.45, 2.75) is 38.6 Å². The number of halogens is 1. The van der Waals surface area contributed by atoms with Crippen LogP contribution in [0.3, 0.4) is 0 Å². The zero-order valence-electron chi connectivity index (χ0n) is 13.7. The third kappa shape index (κ3) is 3.39. The van der Waals surface area contributed by atoms with Gasteiger partial charge in [-0.15, -0.1) is 0 Å². The monoisotopic (exact) mass is 371 g/mol. The number of hydrogen-bond acceptors (Lipinski definition) is 4. The van der Waals surface area contributed by atoms with Gasteiger partial charge in [0.05, 0.1) is 6.33 Å². The van der Waals surface area contributed by atoms with E-state index in [0.717, 1.165) is 24.1 Å². The molecule has 25 heavy (non-hydrogen) atoms.